The number of esters is 1. The number of aromatic nitrogens is 1. The molecule has 0 aromatic carbocycles. The van der Waals surface area contributed by atoms with E-state index < -0.39 is 18.0 Å². The first-order chi connectivity index (χ1) is 8.02. The van der Waals surface area contributed by atoms with Crippen molar-refractivity contribution in [1.29, 1.82) is 0 Å². The van der Waals surface area contributed by atoms with Gasteiger partial charge in [0.25, 0.3) is 6.43 Å². The molecule has 1 aromatic rings. The number of ether oxygens (including phenoxy) is 2. The van der Waals surface area contributed by atoms with E-state index in [1.165, 1.54) is 7.11 Å². The van der Waals surface area contributed by atoms with E-state index in [1.807, 2.05) is 0 Å². The molecule has 1 rings (SSSR count). The first-order valence-electron chi connectivity index (χ1n) is 5.01. The van der Waals surface area contributed by atoms with Crippen LogP contribution in [0.25, 0.3) is 0 Å². The predicted octanol–water partition coefficient (Wildman–Crippen LogP) is 2.51. The van der Waals surface area contributed by atoms with Crippen molar-refractivity contribution in [1.82, 2.24) is 4.98 Å². The number of alkyl halides is 2. The molecule has 0 fully saturated rings. The minimum atomic E-state index is -2.81. The number of hydrogen-bond donors (Lipinski definition) is 0. The summed E-state index contributed by atoms with van der Waals surface area (Å²) in [5, 5.41) is 0. The zero-order chi connectivity index (χ0) is 13.0. The smallest absolute Gasteiger partial charge is 0.342 e. The van der Waals surface area contributed by atoms with E-state index in [0.29, 0.717) is 5.69 Å². The number of nitrogens with zero attached hydrogens (tertiary/aromatic N) is 1. The normalized spacial score (nSPS) is 10.5. The fraction of sp³-hybridized carbons (Fsp3) is 0.455. The number of methoxy groups -OCH3 is 1. The summed E-state index contributed by atoms with van der Waals surface area (Å²) in [4.78, 5) is 15.4. The fourth-order valence-electron chi connectivity index (χ4n) is 1.43. The quantitative estimate of drug-likeness (QED) is 0.765. The standard InChI is InChI=1S/C11H13F2NO3/c1-4-17-11(15)8-7(10(12)13)5-14-6(2)9(8)16-3/h5,10H,4H2,1-3H3. The van der Waals surface area contributed by atoms with Crippen molar-refractivity contribution < 1.29 is 23.0 Å². The Morgan fingerprint density at radius 1 is 1.53 bits per heavy atom. The molecule has 0 radical (unpaired) electrons. The number of aryl methyl sites for hydroxylation is 1. The molecule has 1 aromatic heterocycles. The predicted molar refractivity (Wildman–Crippen MR) is 56.4 cm³/mol. The van der Waals surface area contributed by atoms with Crippen LogP contribution in [0.2, 0.25) is 0 Å². The molecular weight excluding hydrogens is 232 g/mol. The lowest BCUT2D eigenvalue weighted by Crippen LogP contribution is -2.12. The SMILES string of the molecule is CCOC(=O)c1c(C(F)F)cnc(C)c1OC. The third-order valence-electron chi connectivity index (χ3n) is 2.16. The summed E-state index contributed by atoms with van der Waals surface area (Å²) in [5.74, 6) is -0.800. The van der Waals surface area contributed by atoms with Gasteiger partial charge in [0.2, 0.25) is 0 Å². The van der Waals surface area contributed by atoms with Gasteiger partial charge in [0.05, 0.1) is 25.0 Å². The van der Waals surface area contributed by atoms with E-state index in [2.05, 4.69) is 4.98 Å². The van der Waals surface area contributed by atoms with E-state index in [4.69, 9.17) is 9.47 Å². The van der Waals surface area contributed by atoms with Gasteiger partial charge in [0.15, 0.2) is 5.75 Å². The zero-order valence-corrected chi connectivity index (χ0v) is 9.79. The molecule has 1 heterocycles. The Kier molecular flexibility index (Phi) is 4.37. The molecule has 17 heavy (non-hydrogen) atoms. The number of pyridine rings is 1. The van der Waals surface area contributed by atoms with Crippen LogP contribution in [0.3, 0.4) is 0 Å². The number of carbonyl (C=O) groups is 1. The van der Waals surface area contributed by atoms with Gasteiger partial charge in [-0.15, -0.1) is 0 Å². The molecular formula is C11H13F2NO3. The van der Waals surface area contributed by atoms with Gasteiger partial charge in [-0.1, -0.05) is 0 Å². The van der Waals surface area contributed by atoms with Crippen molar-refractivity contribution in [2.75, 3.05) is 13.7 Å². The van der Waals surface area contributed by atoms with Crippen LogP contribution in [0.4, 0.5) is 8.78 Å². The largest absolute Gasteiger partial charge is 0.494 e. The maximum absolute atomic E-state index is 12.8. The lowest BCUT2D eigenvalue weighted by molar-refractivity contribution is 0.0510. The molecule has 94 valence electrons. The van der Waals surface area contributed by atoms with Gasteiger partial charge in [-0.25, -0.2) is 13.6 Å². The van der Waals surface area contributed by atoms with Gasteiger partial charge < -0.3 is 9.47 Å². The van der Waals surface area contributed by atoms with E-state index in [0.717, 1.165) is 6.20 Å². The van der Waals surface area contributed by atoms with Crippen LogP contribution < -0.4 is 4.74 Å². The molecule has 0 atom stereocenters. The topological polar surface area (TPSA) is 48.4 Å². The molecule has 0 aliphatic rings. The van der Waals surface area contributed by atoms with E-state index >= 15 is 0 Å². The molecule has 0 N–H and O–H groups in total. The average molecular weight is 245 g/mol. The number of halogens is 2. The Hall–Kier alpha value is -1.72. The lowest BCUT2D eigenvalue weighted by Gasteiger charge is -2.13. The average Bonchev–Trinajstić information content (AvgIpc) is 2.28. The Bertz CT molecular complexity index is 421. The third kappa shape index (κ3) is 2.69. The molecule has 0 spiro atoms. The van der Waals surface area contributed by atoms with Gasteiger partial charge in [0.1, 0.15) is 5.56 Å². The van der Waals surface area contributed by atoms with Gasteiger partial charge >= 0.3 is 5.97 Å². The second-order valence-corrected chi connectivity index (χ2v) is 3.23. The first-order valence-corrected chi connectivity index (χ1v) is 5.01. The zero-order valence-electron chi connectivity index (χ0n) is 9.79. The van der Waals surface area contributed by atoms with E-state index in [-0.39, 0.29) is 17.9 Å². The molecule has 0 amide bonds. The fourth-order valence-corrected chi connectivity index (χ4v) is 1.43. The first kappa shape index (κ1) is 13.3. The summed E-state index contributed by atoms with van der Waals surface area (Å²) in [6, 6.07) is 0. The Balaban J connectivity index is 3.38. The summed E-state index contributed by atoms with van der Waals surface area (Å²) in [6.07, 6.45) is -1.84. The van der Waals surface area contributed by atoms with E-state index in [9.17, 15) is 13.6 Å². The lowest BCUT2D eigenvalue weighted by atomic mass is 10.1. The molecule has 0 bridgehead atoms. The van der Waals surface area contributed by atoms with Gasteiger partial charge in [-0.3, -0.25) is 4.98 Å². The third-order valence-corrected chi connectivity index (χ3v) is 2.16. The number of hydrogen-bond acceptors (Lipinski definition) is 4. The molecule has 0 aliphatic heterocycles. The maximum atomic E-state index is 12.8. The molecule has 0 saturated carbocycles. The summed E-state index contributed by atoms with van der Waals surface area (Å²) in [5.41, 5.74) is -0.372. The minimum absolute atomic E-state index is 0.0289. The van der Waals surface area contributed by atoms with E-state index in [1.54, 1.807) is 13.8 Å². The van der Waals surface area contributed by atoms with Gasteiger partial charge in [-0.05, 0) is 13.8 Å². The minimum Gasteiger partial charge on any atom is -0.494 e. The molecule has 4 nitrogen and oxygen atoms in total. The molecule has 0 unspecified atom stereocenters. The summed E-state index contributed by atoms with van der Waals surface area (Å²) < 4.78 is 35.2. The van der Waals surface area contributed by atoms with Crippen LogP contribution in [0, 0.1) is 6.92 Å². The van der Waals surface area contributed by atoms with Crippen LogP contribution in [0.5, 0.6) is 5.75 Å². The molecule has 0 saturated heterocycles. The highest BCUT2D eigenvalue weighted by Crippen LogP contribution is 2.31. The summed E-state index contributed by atoms with van der Waals surface area (Å²) in [7, 11) is 1.29. The Labute approximate surface area is 97.6 Å². The van der Waals surface area contributed by atoms with Crippen LogP contribution in [-0.2, 0) is 4.74 Å². The summed E-state index contributed by atoms with van der Waals surface area (Å²) >= 11 is 0. The van der Waals surface area contributed by atoms with Crippen molar-refractivity contribution >= 4 is 5.97 Å². The molecule has 0 aliphatic carbocycles. The van der Waals surface area contributed by atoms with Crippen molar-refractivity contribution in [2.24, 2.45) is 0 Å². The highest BCUT2D eigenvalue weighted by molar-refractivity contribution is 5.94. The van der Waals surface area contributed by atoms with Crippen LogP contribution >= 0.6 is 0 Å². The number of carbonyl (C=O) groups excluding carboxylic acids is 1. The molecule has 6 heteroatoms. The van der Waals surface area contributed by atoms with Crippen molar-refractivity contribution in [2.45, 2.75) is 20.3 Å². The second kappa shape index (κ2) is 5.56. The van der Waals surface area contributed by atoms with Crippen molar-refractivity contribution in [3.8, 4) is 5.75 Å². The highest BCUT2D eigenvalue weighted by Gasteiger charge is 2.26. The summed E-state index contributed by atoms with van der Waals surface area (Å²) in [6.45, 7) is 3.27. The number of rotatable bonds is 4. The van der Waals surface area contributed by atoms with Crippen LogP contribution in [0.15, 0.2) is 6.20 Å². The Morgan fingerprint density at radius 3 is 2.65 bits per heavy atom. The van der Waals surface area contributed by atoms with Crippen molar-refractivity contribution in [3.05, 3.63) is 23.0 Å². The van der Waals surface area contributed by atoms with Crippen LogP contribution in [-0.4, -0.2) is 24.7 Å². The van der Waals surface area contributed by atoms with Crippen molar-refractivity contribution in [3.63, 3.8) is 0 Å². The van der Waals surface area contributed by atoms with Crippen LogP contribution in [0.1, 0.15) is 35.0 Å². The van der Waals surface area contributed by atoms with Gasteiger partial charge in [-0.2, -0.15) is 0 Å². The highest BCUT2D eigenvalue weighted by atomic mass is 19.3. The Morgan fingerprint density at radius 2 is 2.18 bits per heavy atom. The monoisotopic (exact) mass is 245 g/mol. The maximum Gasteiger partial charge on any atom is 0.342 e. The second-order valence-electron chi connectivity index (χ2n) is 3.23. The van der Waals surface area contributed by atoms with Gasteiger partial charge in [0, 0.05) is 6.20 Å².